The van der Waals surface area contributed by atoms with E-state index >= 15 is 0 Å². The normalized spacial score (nSPS) is 10.1. The van der Waals surface area contributed by atoms with Crippen molar-refractivity contribution in [2.24, 2.45) is 0 Å². The van der Waals surface area contributed by atoms with Crippen molar-refractivity contribution in [3.8, 4) is 11.5 Å². The monoisotopic (exact) mass is 386 g/mol. The minimum Gasteiger partial charge on any atom is -0.494 e. The molecule has 0 radical (unpaired) electrons. The number of carbonyl (C=O) groups excluding carboxylic acids is 1. The summed E-state index contributed by atoms with van der Waals surface area (Å²) < 4.78 is 11.1. The largest absolute Gasteiger partial charge is 0.494 e. The molecule has 0 spiro atoms. The molecule has 2 rings (SSSR count). The molecule has 0 saturated heterocycles. The van der Waals surface area contributed by atoms with E-state index in [-0.39, 0.29) is 11.0 Å². The molecule has 0 aromatic heterocycles. The molecule has 6 heteroatoms. The van der Waals surface area contributed by atoms with Gasteiger partial charge in [0.2, 0.25) is 0 Å². The van der Waals surface area contributed by atoms with Crippen molar-refractivity contribution in [2.45, 2.75) is 33.1 Å². The number of amides is 1. The van der Waals surface area contributed by atoms with Crippen LogP contribution in [0.25, 0.3) is 0 Å². The van der Waals surface area contributed by atoms with Crippen LogP contribution in [0.2, 0.25) is 0 Å². The second-order valence-corrected chi connectivity index (χ2v) is 6.36. The van der Waals surface area contributed by atoms with Gasteiger partial charge in [0, 0.05) is 17.3 Å². The molecule has 0 fully saturated rings. The van der Waals surface area contributed by atoms with Crippen LogP contribution in [0.1, 0.15) is 43.5 Å². The first-order chi connectivity index (χ1) is 13.1. The first-order valence-electron chi connectivity index (χ1n) is 9.20. The molecule has 0 bridgehead atoms. The Labute approximate surface area is 166 Å². The van der Waals surface area contributed by atoms with Gasteiger partial charge in [0.1, 0.15) is 11.5 Å². The smallest absolute Gasteiger partial charge is 0.257 e. The number of thiocarbonyl (C=S) groups is 1. The van der Waals surface area contributed by atoms with Gasteiger partial charge >= 0.3 is 0 Å². The molecule has 0 heterocycles. The van der Waals surface area contributed by atoms with Crippen molar-refractivity contribution in [1.29, 1.82) is 0 Å². The molecule has 1 amide bonds. The van der Waals surface area contributed by atoms with E-state index in [2.05, 4.69) is 17.6 Å². The van der Waals surface area contributed by atoms with E-state index in [1.165, 1.54) is 0 Å². The van der Waals surface area contributed by atoms with Gasteiger partial charge in [0.25, 0.3) is 5.91 Å². The number of rotatable bonds is 9. The summed E-state index contributed by atoms with van der Waals surface area (Å²) in [7, 11) is 0. The summed E-state index contributed by atoms with van der Waals surface area (Å²) in [5.74, 6) is 1.23. The average Bonchev–Trinajstić information content (AvgIpc) is 2.66. The molecule has 0 aliphatic rings. The summed E-state index contributed by atoms with van der Waals surface area (Å²) in [6.45, 7) is 5.35. The Morgan fingerprint density at radius 2 is 1.78 bits per heavy atom. The average molecular weight is 387 g/mol. The predicted octanol–water partition coefficient (Wildman–Crippen LogP) is 4.78. The minimum absolute atomic E-state index is 0.230. The Bertz CT molecular complexity index is 747. The summed E-state index contributed by atoms with van der Waals surface area (Å²) in [5, 5.41) is 5.89. The van der Waals surface area contributed by atoms with Crippen molar-refractivity contribution >= 4 is 28.9 Å². The molecule has 0 atom stereocenters. The SMILES string of the molecule is CCCCCOc1ccc(C(=O)NC(=S)Nc2cccc(OCC)c2)cc1. The molecule has 0 aliphatic heterocycles. The van der Waals surface area contributed by atoms with Crippen LogP contribution >= 0.6 is 12.2 Å². The number of hydrogen-bond acceptors (Lipinski definition) is 4. The third kappa shape index (κ3) is 7.27. The molecular formula is C21H26N2O3S. The Balaban J connectivity index is 1.85. The Hall–Kier alpha value is -2.60. The van der Waals surface area contributed by atoms with Crippen molar-refractivity contribution in [2.75, 3.05) is 18.5 Å². The lowest BCUT2D eigenvalue weighted by Gasteiger charge is -2.11. The van der Waals surface area contributed by atoms with Gasteiger partial charge in [-0.3, -0.25) is 10.1 Å². The number of anilines is 1. The van der Waals surface area contributed by atoms with Gasteiger partial charge in [-0.25, -0.2) is 0 Å². The lowest BCUT2D eigenvalue weighted by Crippen LogP contribution is -2.34. The second kappa shape index (κ2) is 11.2. The molecule has 5 nitrogen and oxygen atoms in total. The predicted molar refractivity (Wildman–Crippen MR) is 113 cm³/mol. The van der Waals surface area contributed by atoms with E-state index in [1.807, 2.05) is 31.2 Å². The number of ether oxygens (including phenoxy) is 2. The van der Waals surface area contributed by atoms with Crippen LogP contribution in [0.15, 0.2) is 48.5 Å². The van der Waals surface area contributed by atoms with Crippen LogP contribution in [-0.4, -0.2) is 24.2 Å². The van der Waals surface area contributed by atoms with E-state index in [0.29, 0.717) is 18.8 Å². The number of unbranched alkanes of at least 4 members (excludes halogenated alkanes) is 2. The standard InChI is InChI=1S/C21H26N2O3S/c1-3-5-6-14-26-18-12-10-16(11-13-18)20(24)23-21(27)22-17-8-7-9-19(15-17)25-4-2/h7-13,15H,3-6,14H2,1-2H3,(H2,22,23,24,27). The zero-order chi connectivity index (χ0) is 19.5. The fourth-order valence-corrected chi connectivity index (χ4v) is 2.62. The highest BCUT2D eigenvalue weighted by Crippen LogP contribution is 2.17. The second-order valence-electron chi connectivity index (χ2n) is 5.95. The van der Waals surface area contributed by atoms with Crippen LogP contribution in [0.5, 0.6) is 11.5 Å². The maximum Gasteiger partial charge on any atom is 0.257 e. The molecule has 0 unspecified atom stereocenters. The number of nitrogens with one attached hydrogen (secondary N) is 2. The van der Waals surface area contributed by atoms with E-state index in [1.54, 1.807) is 24.3 Å². The van der Waals surface area contributed by atoms with E-state index in [4.69, 9.17) is 21.7 Å². The highest BCUT2D eigenvalue weighted by Gasteiger charge is 2.08. The van der Waals surface area contributed by atoms with Crippen molar-refractivity contribution in [3.05, 3.63) is 54.1 Å². The summed E-state index contributed by atoms with van der Waals surface area (Å²) in [5.41, 5.74) is 1.27. The van der Waals surface area contributed by atoms with E-state index in [9.17, 15) is 4.79 Å². The fraction of sp³-hybridized carbons (Fsp3) is 0.333. The first kappa shape index (κ1) is 20.7. The van der Waals surface area contributed by atoms with Gasteiger partial charge in [0.05, 0.1) is 13.2 Å². The van der Waals surface area contributed by atoms with Gasteiger partial charge < -0.3 is 14.8 Å². The highest BCUT2D eigenvalue weighted by molar-refractivity contribution is 7.80. The molecule has 144 valence electrons. The third-order valence-corrected chi connectivity index (χ3v) is 3.97. The molecular weight excluding hydrogens is 360 g/mol. The molecule has 2 aromatic rings. The van der Waals surface area contributed by atoms with Crippen LogP contribution in [0.4, 0.5) is 5.69 Å². The van der Waals surface area contributed by atoms with Crippen LogP contribution in [0.3, 0.4) is 0 Å². The maximum absolute atomic E-state index is 12.3. The van der Waals surface area contributed by atoms with Gasteiger partial charge in [-0.2, -0.15) is 0 Å². The Kier molecular flexibility index (Phi) is 8.58. The maximum atomic E-state index is 12.3. The molecule has 2 aromatic carbocycles. The number of benzene rings is 2. The zero-order valence-corrected chi connectivity index (χ0v) is 16.6. The lowest BCUT2D eigenvalue weighted by molar-refractivity contribution is 0.0977. The number of carbonyl (C=O) groups is 1. The summed E-state index contributed by atoms with van der Waals surface area (Å²) >= 11 is 5.22. The quantitative estimate of drug-likeness (QED) is 0.480. The highest BCUT2D eigenvalue weighted by atomic mass is 32.1. The van der Waals surface area contributed by atoms with Crippen LogP contribution in [-0.2, 0) is 0 Å². The first-order valence-corrected chi connectivity index (χ1v) is 9.61. The molecule has 0 aliphatic carbocycles. The Morgan fingerprint density at radius 3 is 2.48 bits per heavy atom. The third-order valence-electron chi connectivity index (χ3n) is 3.76. The summed E-state index contributed by atoms with van der Waals surface area (Å²) in [6, 6.07) is 14.4. The van der Waals surface area contributed by atoms with Crippen LogP contribution < -0.4 is 20.1 Å². The van der Waals surface area contributed by atoms with E-state index in [0.717, 1.165) is 36.4 Å². The number of hydrogen-bond donors (Lipinski definition) is 2. The zero-order valence-electron chi connectivity index (χ0n) is 15.8. The van der Waals surface area contributed by atoms with Crippen molar-refractivity contribution < 1.29 is 14.3 Å². The van der Waals surface area contributed by atoms with Gasteiger partial charge in [-0.05, 0) is 62.0 Å². The topological polar surface area (TPSA) is 59.6 Å². The van der Waals surface area contributed by atoms with Gasteiger partial charge in [0.15, 0.2) is 5.11 Å². The molecule has 2 N–H and O–H groups in total. The molecule has 27 heavy (non-hydrogen) atoms. The Morgan fingerprint density at radius 1 is 1.00 bits per heavy atom. The van der Waals surface area contributed by atoms with E-state index < -0.39 is 0 Å². The van der Waals surface area contributed by atoms with Gasteiger partial charge in [-0.15, -0.1) is 0 Å². The summed E-state index contributed by atoms with van der Waals surface area (Å²) in [6.07, 6.45) is 3.34. The fourth-order valence-electron chi connectivity index (χ4n) is 2.41. The van der Waals surface area contributed by atoms with Crippen molar-refractivity contribution in [1.82, 2.24) is 5.32 Å². The lowest BCUT2D eigenvalue weighted by atomic mass is 10.2. The molecule has 0 saturated carbocycles. The van der Waals surface area contributed by atoms with Gasteiger partial charge in [-0.1, -0.05) is 25.8 Å². The van der Waals surface area contributed by atoms with Crippen molar-refractivity contribution in [3.63, 3.8) is 0 Å². The summed E-state index contributed by atoms with van der Waals surface area (Å²) in [4.78, 5) is 12.3. The minimum atomic E-state index is -0.272. The van der Waals surface area contributed by atoms with Crippen LogP contribution in [0, 0.1) is 0 Å².